The summed E-state index contributed by atoms with van der Waals surface area (Å²) in [6.07, 6.45) is 0.939. The maximum atomic E-state index is 9.22. The van der Waals surface area contributed by atoms with Gasteiger partial charge < -0.3 is 5.11 Å². The van der Waals surface area contributed by atoms with Crippen LogP contribution < -0.4 is 0 Å². The molecule has 0 atom stereocenters. The van der Waals surface area contributed by atoms with Gasteiger partial charge >= 0.3 is 0 Å². The van der Waals surface area contributed by atoms with Crippen LogP contribution in [-0.4, -0.2) is 21.5 Å². The minimum absolute atomic E-state index is 0.0399. The highest BCUT2D eigenvalue weighted by molar-refractivity contribution is 5.37. The Morgan fingerprint density at radius 1 is 1.06 bits per heavy atom. The molecule has 0 aromatic carbocycles. The van der Waals surface area contributed by atoms with E-state index in [0.29, 0.717) is 6.54 Å². The Balaban J connectivity index is 3.54. The number of hydrogen-bond acceptors (Lipinski definition) is 2. The normalized spacial score (nSPS) is 13.1. The van der Waals surface area contributed by atoms with Crippen molar-refractivity contribution in [3.8, 4) is 0 Å². The van der Waals surface area contributed by atoms with Gasteiger partial charge in [0.05, 0.1) is 18.8 Å². The molecule has 0 amide bonds. The van der Waals surface area contributed by atoms with Crippen molar-refractivity contribution in [3.63, 3.8) is 0 Å². The monoisotopic (exact) mass is 252 g/mol. The van der Waals surface area contributed by atoms with E-state index in [1.54, 1.807) is 0 Å². The molecule has 0 unspecified atom stereocenters. The predicted octanol–water partition coefficient (Wildman–Crippen LogP) is 3.03. The van der Waals surface area contributed by atoms with Crippen molar-refractivity contribution in [3.05, 3.63) is 17.0 Å². The molecule has 3 nitrogen and oxygen atoms in total. The molecule has 104 valence electrons. The third-order valence-corrected chi connectivity index (χ3v) is 3.13. The van der Waals surface area contributed by atoms with Crippen LogP contribution in [0.25, 0.3) is 0 Å². The van der Waals surface area contributed by atoms with Crippen LogP contribution in [0.1, 0.15) is 65.4 Å². The molecule has 1 aromatic heterocycles. The average molecular weight is 252 g/mol. The first-order chi connectivity index (χ1) is 8.12. The number of aliphatic hydroxyl groups excluding tert-OH is 1. The third kappa shape index (κ3) is 2.94. The van der Waals surface area contributed by atoms with Crippen molar-refractivity contribution in [1.82, 2.24) is 9.78 Å². The van der Waals surface area contributed by atoms with Gasteiger partial charge in [0.25, 0.3) is 0 Å². The Hall–Kier alpha value is -0.830. The molecule has 0 spiro atoms. The van der Waals surface area contributed by atoms with E-state index >= 15 is 0 Å². The van der Waals surface area contributed by atoms with Crippen LogP contribution in [0.5, 0.6) is 0 Å². The summed E-state index contributed by atoms with van der Waals surface area (Å²) in [5.74, 6) is 0. The van der Waals surface area contributed by atoms with Gasteiger partial charge in [-0.3, -0.25) is 4.68 Å². The Kier molecular flexibility index (Phi) is 4.26. The van der Waals surface area contributed by atoms with Crippen molar-refractivity contribution in [2.45, 2.75) is 72.3 Å². The summed E-state index contributed by atoms with van der Waals surface area (Å²) in [4.78, 5) is 0. The Bertz CT molecular complexity index is 405. The zero-order valence-electron chi connectivity index (χ0n) is 13.0. The van der Waals surface area contributed by atoms with E-state index < -0.39 is 0 Å². The topological polar surface area (TPSA) is 38.0 Å². The summed E-state index contributed by atoms with van der Waals surface area (Å²) in [5, 5.41) is 13.9. The van der Waals surface area contributed by atoms with E-state index in [0.717, 1.165) is 6.42 Å². The maximum absolute atomic E-state index is 9.22. The molecule has 1 aromatic rings. The lowest BCUT2D eigenvalue weighted by Crippen LogP contribution is -2.25. The summed E-state index contributed by atoms with van der Waals surface area (Å²) < 4.78 is 2.00. The first-order valence-electron chi connectivity index (χ1n) is 6.84. The molecular formula is C15H28N2O. The molecule has 1 N–H and O–H groups in total. The molecular weight excluding hydrogens is 224 g/mol. The molecule has 3 heteroatoms. The molecule has 0 fully saturated rings. The van der Waals surface area contributed by atoms with Crippen LogP contribution in [-0.2, 0) is 23.8 Å². The van der Waals surface area contributed by atoms with Crippen molar-refractivity contribution in [2.75, 3.05) is 6.61 Å². The quantitative estimate of drug-likeness (QED) is 0.898. The van der Waals surface area contributed by atoms with Gasteiger partial charge in [-0.25, -0.2) is 0 Å². The number of hydrogen-bond donors (Lipinski definition) is 1. The lowest BCUT2D eigenvalue weighted by molar-refractivity contribution is 0.263. The van der Waals surface area contributed by atoms with Gasteiger partial charge in [0.15, 0.2) is 0 Å². The highest BCUT2D eigenvalue weighted by atomic mass is 16.3. The van der Waals surface area contributed by atoms with Crippen molar-refractivity contribution in [1.29, 1.82) is 0 Å². The molecule has 0 radical (unpaired) electrons. The summed E-state index contributed by atoms with van der Waals surface area (Å²) in [5.41, 5.74) is 3.91. The van der Waals surface area contributed by atoms with Gasteiger partial charge in [0.2, 0.25) is 0 Å². The lowest BCUT2D eigenvalue weighted by Gasteiger charge is -2.28. The fourth-order valence-corrected chi connectivity index (χ4v) is 2.57. The van der Waals surface area contributed by atoms with Gasteiger partial charge in [-0.2, -0.15) is 5.10 Å². The van der Waals surface area contributed by atoms with Crippen molar-refractivity contribution < 1.29 is 5.11 Å². The van der Waals surface area contributed by atoms with Crippen LogP contribution in [0, 0.1) is 0 Å². The Morgan fingerprint density at radius 3 is 1.94 bits per heavy atom. The third-order valence-electron chi connectivity index (χ3n) is 3.13. The van der Waals surface area contributed by atoms with E-state index in [-0.39, 0.29) is 17.4 Å². The highest BCUT2D eigenvalue weighted by Crippen LogP contribution is 2.36. The van der Waals surface area contributed by atoms with E-state index in [2.05, 4.69) is 48.5 Å². The van der Waals surface area contributed by atoms with Gasteiger partial charge in [-0.1, -0.05) is 48.5 Å². The van der Waals surface area contributed by atoms with Gasteiger partial charge in [0.1, 0.15) is 0 Å². The second-order valence-electron chi connectivity index (χ2n) is 6.97. The highest BCUT2D eigenvalue weighted by Gasteiger charge is 2.32. The second kappa shape index (κ2) is 5.04. The number of aryl methyl sites for hydroxylation is 1. The fourth-order valence-electron chi connectivity index (χ4n) is 2.57. The first-order valence-corrected chi connectivity index (χ1v) is 6.84. The van der Waals surface area contributed by atoms with Crippen LogP contribution in [0.4, 0.5) is 0 Å². The van der Waals surface area contributed by atoms with Crippen LogP contribution in [0.2, 0.25) is 0 Å². The number of nitrogens with zero attached hydrogens (tertiary/aromatic N) is 2. The van der Waals surface area contributed by atoms with Crippen molar-refractivity contribution >= 4 is 0 Å². The Labute approximate surface area is 111 Å². The molecule has 0 saturated heterocycles. The molecule has 18 heavy (non-hydrogen) atoms. The summed E-state index contributed by atoms with van der Waals surface area (Å²) in [6, 6.07) is 0. The van der Waals surface area contributed by atoms with Crippen LogP contribution in [0.3, 0.4) is 0 Å². The number of aromatic nitrogens is 2. The first kappa shape index (κ1) is 15.2. The molecule has 1 heterocycles. The standard InChI is InChI=1S/C15H28N2O/c1-8-11-12(14(2,3)4)13(15(5,6)7)17(16-11)9-10-18/h18H,8-10H2,1-7H3. The average Bonchev–Trinajstić information content (AvgIpc) is 2.56. The fraction of sp³-hybridized carbons (Fsp3) is 0.800. The number of rotatable bonds is 3. The zero-order chi connectivity index (χ0) is 14.1. The van der Waals surface area contributed by atoms with E-state index in [1.807, 2.05) is 4.68 Å². The zero-order valence-corrected chi connectivity index (χ0v) is 13.0. The minimum atomic E-state index is 0.0399. The molecule has 0 aliphatic rings. The summed E-state index contributed by atoms with van der Waals surface area (Å²) in [6.45, 7) is 16.2. The van der Waals surface area contributed by atoms with E-state index in [1.165, 1.54) is 17.0 Å². The number of aliphatic hydroxyl groups is 1. The maximum Gasteiger partial charge on any atom is 0.0662 e. The molecule has 0 saturated carbocycles. The summed E-state index contributed by atoms with van der Waals surface area (Å²) >= 11 is 0. The largest absolute Gasteiger partial charge is 0.394 e. The summed E-state index contributed by atoms with van der Waals surface area (Å²) in [7, 11) is 0. The van der Waals surface area contributed by atoms with Crippen LogP contribution >= 0.6 is 0 Å². The predicted molar refractivity (Wildman–Crippen MR) is 76.1 cm³/mol. The minimum Gasteiger partial charge on any atom is -0.394 e. The van der Waals surface area contributed by atoms with Crippen molar-refractivity contribution in [2.24, 2.45) is 0 Å². The molecule has 1 rings (SSSR count). The smallest absolute Gasteiger partial charge is 0.0662 e. The molecule has 0 bridgehead atoms. The van der Waals surface area contributed by atoms with Gasteiger partial charge in [-0.15, -0.1) is 0 Å². The lowest BCUT2D eigenvalue weighted by atomic mass is 9.77. The van der Waals surface area contributed by atoms with E-state index in [4.69, 9.17) is 5.10 Å². The van der Waals surface area contributed by atoms with Gasteiger partial charge in [-0.05, 0) is 11.8 Å². The Morgan fingerprint density at radius 2 is 1.61 bits per heavy atom. The molecule has 0 aliphatic carbocycles. The van der Waals surface area contributed by atoms with Gasteiger partial charge in [0, 0.05) is 16.7 Å². The second-order valence-corrected chi connectivity index (χ2v) is 6.97. The van der Waals surface area contributed by atoms with Crippen LogP contribution in [0.15, 0.2) is 0 Å². The molecule has 0 aliphatic heterocycles. The van der Waals surface area contributed by atoms with E-state index in [9.17, 15) is 5.11 Å². The SMILES string of the molecule is CCc1nn(CCO)c(C(C)(C)C)c1C(C)(C)C.